The van der Waals surface area contributed by atoms with Gasteiger partial charge in [0.05, 0.1) is 43.6 Å². The van der Waals surface area contributed by atoms with Gasteiger partial charge in [0.2, 0.25) is 0 Å². The van der Waals surface area contributed by atoms with Crippen LogP contribution in [-0.4, -0.2) is 58.9 Å². The second-order valence-corrected chi connectivity index (χ2v) is 10.0. The van der Waals surface area contributed by atoms with E-state index in [0.29, 0.717) is 47.2 Å². The monoisotopic (exact) mass is 513 g/mol. The first-order valence-corrected chi connectivity index (χ1v) is 12.7. The highest BCUT2D eigenvalue weighted by atomic mass is 19.1. The van der Waals surface area contributed by atoms with Gasteiger partial charge in [-0.15, -0.1) is 0 Å². The molecule has 0 spiro atoms. The van der Waals surface area contributed by atoms with Gasteiger partial charge >= 0.3 is 6.09 Å². The van der Waals surface area contributed by atoms with E-state index >= 15 is 4.39 Å². The molecular formula is C26H32FN5O5. The molecule has 198 valence electrons. The number of aromatic nitrogens is 3. The summed E-state index contributed by atoms with van der Waals surface area (Å²) in [4.78, 5) is 34.8. The Morgan fingerprint density at radius 1 is 1.27 bits per heavy atom. The van der Waals surface area contributed by atoms with Crippen molar-refractivity contribution in [3.63, 3.8) is 0 Å². The van der Waals surface area contributed by atoms with Crippen molar-refractivity contribution >= 4 is 23.0 Å². The number of hydrogen-bond acceptors (Lipinski definition) is 7. The number of carbonyl (C=O) groups is 2. The highest BCUT2D eigenvalue weighted by Crippen LogP contribution is 2.38. The standard InChI is InChI=1S/C26H32FN5O5/c1-14-4-6-16(7-5-14)22(30-25(33)18-12-37-31-15(18)2)24-28-19-9-8-17(21(27)23(19)29-24)20-13-36-11-10-32(20)26(34)35-3/h8-9,12,14,16,20,22H,4-7,10-11,13H2,1-3H3,(H,28,29)(H,30,33)/t14?,16?,20?,22-/m0/s1. The number of imidazole rings is 1. The van der Waals surface area contributed by atoms with Gasteiger partial charge in [-0.3, -0.25) is 9.69 Å². The van der Waals surface area contributed by atoms with Crippen LogP contribution in [0.5, 0.6) is 0 Å². The number of nitrogens with zero attached hydrogens (tertiary/aromatic N) is 3. The Hall–Kier alpha value is -3.47. The van der Waals surface area contributed by atoms with Gasteiger partial charge in [-0.2, -0.15) is 0 Å². The largest absolute Gasteiger partial charge is 0.453 e. The summed E-state index contributed by atoms with van der Waals surface area (Å²) < 4.78 is 31.3. The number of rotatable bonds is 5. The zero-order chi connectivity index (χ0) is 26.1. The average molecular weight is 514 g/mol. The summed E-state index contributed by atoms with van der Waals surface area (Å²) in [5.74, 6) is 0.431. The smallest absolute Gasteiger partial charge is 0.410 e. The number of ether oxygens (including phenoxy) is 2. The maximum Gasteiger partial charge on any atom is 0.410 e. The molecule has 10 nitrogen and oxygen atoms in total. The van der Waals surface area contributed by atoms with Crippen molar-refractivity contribution in [1.82, 2.24) is 25.3 Å². The van der Waals surface area contributed by atoms with E-state index in [4.69, 9.17) is 14.0 Å². The Morgan fingerprint density at radius 2 is 2.05 bits per heavy atom. The molecule has 2 aliphatic rings. The number of nitrogens with one attached hydrogen (secondary N) is 2. The molecule has 11 heteroatoms. The molecule has 0 radical (unpaired) electrons. The third kappa shape index (κ3) is 4.92. The average Bonchev–Trinajstić information content (AvgIpc) is 3.54. The van der Waals surface area contributed by atoms with Crippen LogP contribution in [0.2, 0.25) is 0 Å². The highest BCUT2D eigenvalue weighted by molar-refractivity contribution is 5.95. The van der Waals surface area contributed by atoms with E-state index in [1.807, 2.05) is 0 Å². The van der Waals surface area contributed by atoms with Crippen LogP contribution < -0.4 is 5.32 Å². The van der Waals surface area contributed by atoms with E-state index < -0.39 is 24.0 Å². The molecule has 2 aromatic heterocycles. The fourth-order valence-corrected chi connectivity index (χ4v) is 5.44. The van der Waals surface area contributed by atoms with Crippen molar-refractivity contribution < 1.29 is 28.0 Å². The van der Waals surface area contributed by atoms with Gasteiger partial charge in [0.1, 0.15) is 23.2 Å². The molecule has 1 aliphatic carbocycles. The van der Waals surface area contributed by atoms with Gasteiger partial charge in [-0.25, -0.2) is 14.2 Å². The van der Waals surface area contributed by atoms with Crippen molar-refractivity contribution in [2.24, 2.45) is 11.8 Å². The number of aryl methyl sites for hydroxylation is 1. The first kappa shape index (κ1) is 25.2. The third-order valence-corrected chi connectivity index (χ3v) is 7.65. The Morgan fingerprint density at radius 3 is 2.76 bits per heavy atom. The lowest BCUT2D eigenvalue weighted by Gasteiger charge is -2.34. The maximum atomic E-state index is 15.9. The normalized spacial score (nSPS) is 23.1. The van der Waals surface area contributed by atoms with Gasteiger partial charge in [-0.1, -0.05) is 31.0 Å². The maximum absolute atomic E-state index is 15.9. The van der Waals surface area contributed by atoms with Gasteiger partial charge in [0.15, 0.2) is 5.82 Å². The van der Waals surface area contributed by atoms with Gasteiger partial charge < -0.3 is 24.3 Å². The van der Waals surface area contributed by atoms with E-state index in [2.05, 4.69) is 27.4 Å². The van der Waals surface area contributed by atoms with Crippen molar-refractivity contribution in [1.29, 1.82) is 0 Å². The van der Waals surface area contributed by atoms with Crippen LogP contribution in [0, 0.1) is 24.6 Å². The number of methoxy groups -OCH3 is 1. The summed E-state index contributed by atoms with van der Waals surface area (Å²) in [6.07, 6.45) is 4.74. The molecule has 37 heavy (non-hydrogen) atoms. The number of carbonyl (C=O) groups excluding carboxylic acids is 2. The Labute approximate surface area is 213 Å². The lowest BCUT2D eigenvalue weighted by Crippen LogP contribution is -2.43. The van der Waals surface area contributed by atoms with E-state index in [9.17, 15) is 9.59 Å². The van der Waals surface area contributed by atoms with Crippen molar-refractivity contribution in [3.05, 3.63) is 46.9 Å². The summed E-state index contributed by atoms with van der Waals surface area (Å²) in [6.45, 7) is 4.76. The number of hydrogen-bond donors (Lipinski definition) is 2. The van der Waals surface area contributed by atoms with Crippen LogP contribution >= 0.6 is 0 Å². The summed E-state index contributed by atoms with van der Waals surface area (Å²) in [5, 5.41) is 6.91. The van der Waals surface area contributed by atoms with Gasteiger partial charge in [0.25, 0.3) is 5.91 Å². The minimum Gasteiger partial charge on any atom is -0.453 e. The Balaban J connectivity index is 1.49. The molecule has 1 saturated carbocycles. The molecule has 1 aliphatic heterocycles. The second-order valence-electron chi connectivity index (χ2n) is 10.0. The fraction of sp³-hybridized carbons (Fsp3) is 0.538. The van der Waals surface area contributed by atoms with Crippen LogP contribution in [-0.2, 0) is 9.47 Å². The second kappa shape index (κ2) is 10.5. The Kier molecular flexibility index (Phi) is 7.14. The van der Waals surface area contributed by atoms with Crippen LogP contribution in [0.25, 0.3) is 11.0 Å². The van der Waals surface area contributed by atoms with Crippen LogP contribution in [0.3, 0.4) is 0 Å². The molecule has 1 unspecified atom stereocenters. The number of halogens is 1. The predicted octanol–water partition coefficient (Wildman–Crippen LogP) is 4.44. The summed E-state index contributed by atoms with van der Waals surface area (Å²) >= 11 is 0. The summed E-state index contributed by atoms with van der Waals surface area (Å²) in [7, 11) is 1.30. The zero-order valence-electron chi connectivity index (χ0n) is 21.3. The molecule has 3 heterocycles. The number of aromatic amines is 1. The molecule has 0 bridgehead atoms. The zero-order valence-corrected chi connectivity index (χ0v) is 21.3. The molecular weight excluding hydrogens is 481 g/mol. The minimum absolute atomic E-state index is 0.143. The summed E-state index contributed by atoms with van der Waals surface area (Å²) in [6, 6.07) is 2.33. The molecule has 2 fully saturated rings. The van der Waals surface area contributed by atoms with Crippen LogP contribution in [0.1, 0.15) is 72.1 Å². The lowest BCUT2D eigenvalue weighted by atomic mass is 9.79. The van der Waals surface area contributed by atoms with E-state index in [1.54, 1.807) is 19.1 Å². The quantitative estimate of drug-likeness (QED) is 0.517. The van der Waals surface area contributed by atoms with Crippen molar-refractivity contribution in [2.45, 2.75) is 51.6 Å². The van der Waals surface area contributed by atoms with Crippen LogP contribution in [0.15, 0.2) is 22.9 Å². The molecule has 1 aromatic carbocycles. The summed E-state index contributed by atoms with van der Waals surface area (Å²) in [5.41, 5.74) is 1.84. The number of morpholine rings is 1. The first-order valence-electron chi connectivity index (χ1n) is 12.7. The van der Waals surface area contributed by atoms with E-state index in [-0.39, 0.29) is 23.9 Å². The number of fused-ring (bicyclic) bond motifs is 1. The molecule has 2 atom stereocenters. The number of benzene rings is 1. The third-order valence-electron chi connectivity index (χ3n) is 7.65. The first-order chi connectivity index (χ1) is 17.9. The molecule has 3 aromatic rings. The molecule has 2 amide bonds. The van der Waals surface area contributed by atoms with E-state index in [1.165, 1.54) is 18.3 Å². The molecule has 1 saturated heterocycles. The topological polar surface area (TPSA) is 123 Å². The van der Waals surface area contributed by atoms with Crippen LogP contribution in [0.4, 0.5) is 9.18 Å². The molecule has 5 rings (SSSR count). The molecule has 2 N–H and O–H groups in total. The van der Waals surface area contributed by atoms with Crippen molar-refractivity contribution in [3.8, 4) is 0 Å². The number of H-pyrrole nitrogens is 1. The minimum atomic E-state index is -0.627. The van der Waals surface area contributed by atoms with Crippen molar-refractivity contribution in [2.75, 3.05) is 26.9 Å². The Bertz CT molecular complexity index is 1280. The fourth-order valence-electron chi connectivity index (χ4n) is 5.44. The SMILES string of the molecule is COC(=O)N1CCOCC1c1ccc2[nH]c([C@@H](NC(=O)c3conc3C)C3CCC(C)CC3)nc2c1F. The van der Waals surface area contributed by atoms with E-state index in [0.717, 1.165) is 25.7 Å². The number of amides is 2. The van der Waals surface area contributed by atoms with Gasteiger partial charge in [-0.05, 0) is 37.7 Å². The lowest BCUT2D eigenvalue weighted by molar-refractivity contribution is -0.00628. The highest BCUT2D eigenvalue weighted by Gasteiger charge is 2.34. The predicted molar refractivity (Wildman–Crippen MR) is 131 cm³/mol. The van der Waals surface area contributed by atoms with Gasteiger partial charge in [0, 0.05) is 12.1 Å².